The number of carbonyl (C=O) groups is 1. The fourth-order valence-corrected chi connectivity index (χ4v) is 2.02. The van der Waals surface area contributed by atoms with Gasteiger partial charge in [-0.25, -0.2) is 0 Å². The third-order valence-electron chi connectivity index (χ3n) is 3.12. The molecule has 6 nitrogen and oxygen atoms in total. The number of ether oxygens (including phenoxy) is 1. The van der Waals surface area contributed by atoms with Gasteiger partial charge in [-0.2, -0.15) is 0 Å². The molecule has 0 bridgehead atoms. The maximum absolute atomic E-state index is 11.8. The highest BCUT2D eigenvalue weighted by Gasteiger charge is 2.15. The molecule has 6 heteroatoms. The quantitative estimate of drug-likeness (QED) is 0.803. The SMILES string of the molecule is CCNc1ccc(C(=O)NCCC2CCOC2)nn1. The molecule has 1 aromatic heterocycles. The number of hydrogen-bond acceptors (Lipinski definition) is 5. The monoisotopic (exact) mass is 264 g/mol. The van der Waals surface area contributed by atoms with Crippen LogP contribution in [0.1, 0.15) is 30.3 Å². The van der Waals surface area contributed by atoms with E-state index in [0.717, 1.165) is 32.6 Å². The molecular weight excluding hydrogens is 244 g/mol. The molecule has 2 rings (SSSR count). The molecule has 1 aromatic rings. The fourth-order valence-electron chi connectivity index (χ4n) is 2.02. The normalized spacial score (nSPS) is 18.3. The summed E-state index contributed by atoms with van der Waals surface area (Å²) in [5, 5.41) is 13.7. The van der Waals surface area contributed by atoms with Crippen molar-refractivity contribution in [1.29, 1.82) is 0 Å². The van der Waals surface area contributed by atoms with Gasteiger partial charge in [0.05, 0.1) is 0 Å². The van der Waals surface area contributed by atoms with Crippen molar-refractivity contribution >= 4 is 11.7 Å². The van der Waals surface area contributed by atoms with Crippen LogP contribution in [-0.2, 0) is 4.74 Å². The maximum atomic E-state index is 11.8. The minimum absolute atomic E-state index is 0.172. The van der Waals surface area contributed by atoms with E-state index in [4.69, 9.17) is 4.74 Å². The van der Waals surface area contributed by atoms with E-state index in [2.05, 4.69) is 20.8 Å². The van der Waals surface area contributed by atoms with Gasteiger partial charge in [0.25, 0.3) is 5.91 Å². The van der Waals surface area contributed by atoms with Crippen LogP contribution in [0.2, 0.25) is 0 Å². The molecule has 1 unspecified atom stereocenters. The lowest BCUT2D eigenvalue weighted by Crippen LogP contribution is -2.27. The summed E-state index contributed by atoms with van der Waals surface area (Å²) in [7, 11) is 0. The second-order valence-electron chi connectivity index (χ2n) is 4.61. The molecule has 2 N–H and O–H groups in total. The summed E-state index contributed by atoms with van der Waals surface area (Å²) in [6, 6.07) is 3.44. The van der Waals surface area contributed by atoms with Crippen molar-refractivity contribution in [2.24, 2.45) is 5.92 Å². The predicted molar refractivity (Wildman–Crippen MR) is 72.1 cm³/mol. The van der Waals surface area contributed by atoms with Gasteiger partial charge in [-0.05, 0) is 37.8 Å². The van der Waals surface area contributed by atoms with E-state index in [1.807, 2.05) is 6.92 Å². The maximum Gasteiger partial charge on any atom is 0.271 e. The number of hydrogen-bond donors (Lipinski definition) is 2. The van der Waals surface area contributed by atoms with Crippen LogP contribution in [0.4, 0.5) is 5.82 Å². The van der Waals surface area contributed by atoms with Crippen molar-refractivity contribution in [3.8, 4) is 0 Å². The number of anilines is 1. The second-order valence-corrected chi connectivity index (χ2v) is 4.61. The first-order valence-electron chi connectivity index (χ1n) is 6.73. The van der Waals surface area contributed by atoms with Crippen molar-refractivity contribution < 1.29 is 9.53 Å². The Bertz CT molecular complexity index is 402. The minimum Gasteiger partial charge on any atom is -0.381 e. The van der Waals surface area contributed by atoms with Crippen LogP contribution in [0.15, 0.2) is 12.1 Å². The zero-order valence-electron chi connectivity index (χ0n) is 11.2. The van der Waals surface area contributed by atoms with Crippen LogP contribution in [-0.4, -0.2) is 42.4 Å². The number of aromatic nitrogens is 2. The topological polar surface area (TPSA) is 76.1 Å². The molecule has 0 aromatic carbocycles. The highest BCUT2D eigenvalue weighted by molar-refractivity contribution is 5.92. The molecule has 0 spiro atoms. The Morgan fingerprint density at radius 3 is 3.00 bits per heavy atom. The molecule has 0 radical (unpaired) electrons. The largest absolute Gasteiger partial charge is 0.381 e. The molecule has 1 aliphatic heterocycles. The van der Waals surface area contributed by atoms with E-state index < -0.39 is 0 Å². The van der Waals surface area contributed by atoms with E-state index in [1.54, 1.807) is 12.1 Å². The number of rotatable bonds is 6. The van der Waals surface area contributed by atoms with Crippen molar-refractivity contribution in [1.82, 2.24) is 15.5 Å². The highest BCUT2D eigenvalue weighted by Crippen LogP contribution is 2.15. The van der Waals surface area contributed by atoms with E-state index in [9.17, 15) is 4.79 Å². The predicted octanol–water partition coefficient (Wildman–Crippen LogP) is 1.06. The van der Waals surface area contributed by atoms with Crippen molar-refractivity contribution in [3.63, 3.8) is 0 Å². The molecule has 0 aliphatic carbocycles. The first-order valence-corrected chi connectivity index (χ1v) is 6.73. The van der Waals surface area contributed by atoms with Crippen LogP contribution in [0.3, 0.4) is 0 Å². The average molecular weight is 264 g/mol. The molecule has 1 aliphatic rings. The van der Waals surface area contributed by atoms with Crippen molar-refractivity contribution in [2.75, 3.05) is 31.6 Å². The van der Waals surface area contributed by atoms with Crippen molar-refractivity contribution in [3.05, 3.63) is 17.8 Å². The van der Waals surface area contributed by atoms with Gasteiger partial charge in [0.1, 0.15) is 5.82 Å². The lowest BCUT2D eigenvalue weighted by molar-refractivity contribution is 0.0944. The molecule has 2 heterocycles. The van der Waals surface area contributed by atoms with Gasteiger partial charge in [-0.3, -0.25) is 4.79 Å². The summed E-state index contributed by atoms with van der Waals surface area (Å²) in [6.07, 6.45) is 2.04. The van der Waals surface area contributed by atoms with E-state index in [1.165, 1.54) is 0 Å². The summed E-state index contributed by atoms with van der Waals surface area (Å²) < 4.78 is 5.29. The molecular formula is C13H20N4O2. The highest BCUT2D eigenvalue weighted by atomic mass is 16.5. The molecule has 1 atom stereocenters. The van der Waals surface area contributed by atoms with Crippen LogP contribution < -0.4 is 10.6 Å². The van der Waals surface area contributed by atoms with Gasteiger partial charge in [0.15, 0.2) is 5.69 Å². The Kier molecular flexibility index (Phi) is 5.09. The van der Waals surface area contributed by atoms with Crippen LogP contribution in [0.25, 0.3) is 0 Å². The Morgan fingerprint density at radius 2 is 2.37 bits per heavy atom. The van der Waals surface area contributed by atoms with Crippen LogP contribution >= 0.6 is 0 Å². The van der Waals surface area contributed by atoms with Gasteiger partial charge in [0.2, 0.25) is 0 Å². The average Bonchev–Trinajstić information content (AvgIpc) is 2.93. The van der Waals surface area contributed by atoms with Crippen LogP contribution in [0, 0.1) is 5.92 Å². The first-order chi connectivity index (χ1) is 9.29. The smallest absolute Gasteiger partial charge is 0.271 e. The fraction of sp³-hybridized carbons (Fsp3) is 0.615. The summed E-state index contributed by atoms with van der Waals surface area (Å²) in [6.45, 7) is 5.07. The van der Waals surface area contributed by atoms with Gasteiger partial charge >= 0.3 is 0 Å². The molecule has 0 saturated carbocycles. The van der Waals surface area contributed by atoms with Gasteiger partial charge in [-0.1, -0.05) is 0 Å². The standard InChI is InChI=1S/C13H20N4O2/c1-2-14-12-4-3-11(16-17-12)13(18)15-7-5-10-6-8-19-9-10/h3-4,10H,2,5-9H2,1H3,(H,14,17)(H,15,18). The van der Waals surface area contributed by atoms with E-state index in [0.29, 0.717) is 24.0 Å². The molecule has 1 saturated heterocycles. The third kappa shape index (κ3) is 4.17. The van der Waals surface area contributed by atoms with Gasteiger partial charge in [-0.15, -0.1) is 10.2 Å². The first kappa shape index (κ1) is 13.7. The molecule has 1 fully saturated rings. The summed E-state index contributed by atoms with van der Waals surface area (Å²) in [4.78, 5) is 11.8. The number of nitrogens with one attached hydrogen (secondary N) is 2. The van der Waals surface area contributed by atoms with Gasteiger partial charge in [0, 0.05) is 26.3 Å². The van der Waals surface area contributed by atoms with E-state index in [-0.39, 0.29) is 5.91 Å². The summed E-state index contributed by atoms with van der Waals surface area (Å²) in [5.41, 5.74) is 0.351. The second kappa shape index (κ2) is 7.04. The summed E-state index contributed by atoms with van der Waals surface area (Å²) in [5.74, 6) is 1.08. The number of amides is 1. The minimum atomic E-state index is -0.172. The zero-order valence-corrected chi connectivity index (χ0v) is 11.2. The Hall–Kier alpha value is -1.69. The lowest BCUT2D eigenvalue weighted by Gasteiger charge is -2.08. The van der Waals surface area contributed by atoms with Crippen LogP contribution in [0.5, 0.6) is 0 Å². The number of carbonyl (C=O) groups excluding carboxylic acids is 1. The van der Waals surface area contributed by atoms with Gasteiger partial charge < -0.3 is 15.4 Å². The third-order valence-corrected chi connectivity index (χ3v) is 3.12. The lowest BCUT2D eigenvalue weighted by atomic mass is 10.1. The Labute approximate surface area is 112 Å². The Balaban J connectivity index is 1.75. The van der Waals surface area contributed by atoms with E-state index >= 15 is 0 Å². The zero-order chi connectivity index (χ0) is 13.5. The van der Waals surface area contributed by atoms with Crippen molar-refractivity contribution in [2.45, 2.75) is 19.8 Å². The molecule has 19 heavy (non-hydrogen) atoms. The Morgan fingerprint density at radius 1 is 1.47 bits per heavy atom. The molecule has 104 valence electrons. The summed E-state index contributed by atoms with van der Waals surface area (Å²) >= 11 is 0. The number of nitrogens with zero attached hydrogens (tertiary/aromatic N) is 2. The molecule has 1 amide bonds.